The smallest absolute Gasteiger partial charge is 0.344 e. The number of carbonyl (C=O) groups is 2. The van der Waals surface area contributed by atoms with Crippen molar-refractivity contribution in [2.45, 2.75) is 18.9 Å². The van der Waals surface area contributed by atoms with E-state index in [2.05, 4.69) is 0 Å². The van der Waals surface area contributed by atoms with E-state index in [-0.39, 0.29) is 6.04 Å². The average molecular weight is 247 g/mol. The normalized spacial score (nSPS) is 13.8. The summed E-state index contributed by atoms with van der Waals surface area (Å²) < 4.78 is 0. The first-order chi connectivity index (χ1) is 8.59. The highest BCUT2D eigenvalue weighted by molar-refractivity contribution is 6.12. The Morgan fingerprint density at radius 3 is 2.11 bits per heavy atom. The number of anilines is 1. The van der Waals surface area contributed by atoms with Gasteiger partial charge in [-0.05, 0) is 25.0 Å². The molecule has 0 radical (unpaired) electrons. The van der Waals surface area contributed by atoms with Crippen LogP contribution in [0, 0.1) is 0 Å². The minimum Gasteiger partial charge on any atom is -0.477 e. The van der Waals surface area contributed by atoms with Gasteiger partial charge in [0.05, 0.1) is 0 Å². The predicted molar refractivity (Wildman–Crippen MR) is 65.3 cm³/mol. The van der Waals surface area contributed by atoms with E-state index in [1.807, 2.05) is 30.3 Å². The van der Waals surface area contributed by atoms with Gasteiger partial charge in [-0.2, -0.15) is 0 Å². The van der Waals surface area contributed by atoms with Crippen LogP contribution in [-0.4, -0.2) is 28.2 Å². The van der Waals surface area contributed by atoms with Crippen LogP contribution in [0.15, 0.2) is 42.1 Å². The molecule has 18 heavy (non-hydrogen) atoms. The van der Waals surface area contributed by atoms with Gasteiger partial charge in [-0.3, -0.25) is 0 Å². The van der Waals surface area contributed by atoms with Gasteiger partial charge < -0.3 is 15.1 Å². The third-order valence-electron chi connectivity index (χ3n) is 2.72. The molecule has 2 N–H and O–H groups in total. The van der Waals surface area contributed by atoms with E-state index in [0.717, 1.165) is 18.5 Å². The Labute approximate surface area is 104 Å². The zero-order valence-corrected chi connectivity index (χ0v) is 9.61. The molecule has 5 heteroatoms. The van der Waals surface area contributed by atoms with Crippen molar-refractivity contribution in [3.05, 3.63) is 42.1 Å². The summed E-state index contributed by atoms with van der Waals surface area (Å²) in [6.07, 6.45) is 3.09. The highest BCUT2D eigenvalue weighted by Crippen LogP contribution is 2.32. The van der Waals surface area contributed by atoms with Crippen LogP contribution in [0.3, 0.4) is 0 Å². The van der Waals surface area contributed by atoms with Crippen LogP contribution in [0.25, 0.3) is 0 Å². The van der Waals surface area contributed by atoms with E-state index in [1.165, 1.54) is 6.20 Å². The standard InChI is InChI=1S/C13H13NO4/c15-12(16)11(13(17)18)8-14(10-6-7-10)9-4-2-1-3-5-9/h1-5,8,10H,6-7H2,(H,15,16)(H,17,18). The molecule has 1 fully saturated rings. The highest BCUT2D eigenvalue weighted by atomic mass is 16.4. The molecule has 0 heterocycles. The summed E-state index contributed by atoms with van der Waals surface area (Å²) in [5.74, 6) is -2.85. The van der Waals surface area contributed by atoms with Gasteiger partial charge in [0.1, 0.15) is 0 Å². The summed E-state index contributed by atoms with van der Waals surface area (Å²) in [6.45, 7) is 0. The van der Waals surface area contributed by atoms with E-state index in [1.54, 1.807) is 4.90 Å². The number of hydrogen-bond acceptors (Lipinski definition) is 3. The third-order valence-corrected chi connectivity index (χ3v) is 2.72. The molecule has 0 unspecified atom stereocenters. The second kappa shape index (κ2) is 4.91. The Morgan fingerprint density at radius 2 is 1.67 bits per heavy atom. The first-order valence-electron chi connectivity index (χ1n) is 5.61. The molecule has 1 aliphatic rings. The van der Waals surface area contributed by atoms with Crippen LogP contribution in [0.4, 0.5) is 5.69 Å². The molecule has 1 aromatic rings. The van der Waals surface area contributed by atoms with Gasteiger partial charge in [0.25, 0.3) is 0 Å². The lowest BCUT2D eigenvalue weighted by molar-refractivity contribution is -0.140. The second-order valence-corrected chi connectivity index (χ2v) is 4.13. The number of benzene rings is 1. The summed E-state index contributed by atoms with van der Waals surface area (Å²) in [6, 6.07) is 9.38. The van der Waals surface area contributed by atoms with Crippen molar-refractivity contribution in [3.63, 3.8) is 0 Å². The van der Waals surface area contributed by atoms with E-state index < -0.39 is 17.5 Å². The molecule has 94 valence electrons. The van der Waals surface area contributed by atoms with E-state index in [9.17, 15) is 9.59 Å². The lowest BCUT2D eigenvalue weighted by atomic mass is 10.2. The van der Waals surface area contributed by atoms with Crippen LogP contribution in [0.5, 0.6) is 0 Å². The van der Waals surface area contributed by atoms with Crippen LogP contribution in [0.2, 0.25) is 0 Å². The van der Waals surface area contributed by atoms with Crippen molar-refractivity contribution in [1.29, 1.82) is 0 Å². The molecule has 2 rings (SSSR count). The summed E-state index contributed by atoms with van der Waals surface area (Å²) in [5, 5.41) is 17.7. The molecule has 0 aromatic heterocycles. The topological polar surface area (TPSA) is 77.8 Å². The van der Waals surface area contributed by atoms with Crippen LogP contribution in [-0.2, 0) is 9.59 Å². The second-order valence-electron chi connectivity index (χ2n) is 4.13. The number of carboxylic acid groups (broad SMARTS) is 2. The Balaban J connectivity index is 2.34. The quantitative estimate of drug-likeness (QED) is 0.470. The fourth-order valence-corrected chi connectivity index (χ4v) is 1.68. The number of para-hydroxylation sites is 1. The molecular formula is C13H13NO4. The van der Waals surface area contributed by atoms with E-state index in [4.69, 9.17) is 10.2 Å². The Morgan fingerprint density at radius 1 is 1.11 bits per heavy atom. The molecule has 0 bridgehead atoms. The maximum absolute atomic E-state index is 10.9. The zero-order chi connectivity index (χ0) is 13.1. The Kier molecular flexibility index (Phi) is 3.32. The summed E-state index contributed by atoms with van der Waals surface area (Å²) in [5.41, 5.74) is 0.186. The van der Waals surface area contributed by atoms with Crippen LogP contribution in [0.1, 0.15) is 12.8 Å². The summed E-state index contributed by atoms with van der Waals surface area (Å²) in [7, 11) is 0. The monoisotopic (exact) mass is 247 g/mol. The lowest BCUT2D eigenvalue weighted by Crippen LogP contribution is -2.23. The first-order valence-corrected chi connectivity index (χ1v) is 5.61. The van der Waals surface area contributed by atoms with Gasteiger partial charge in [-0.1, -0.05) is 18.2 Å². The Bertz CT molecular complexity index is 475. The molecule has 0 spiro atoms. The van der Waals surface area contributed by atoms with Crippen molar-refractivity contribution in [3.8, 4) is 0 Å². The number of rotatable bonds is 5. The Hall–Kier alpha value is -2.30. The summed E-state index contributed by atoms with van der Waals surface area (Å²) >= 11 is 0. The molecule has 5 nitrogen and oxygen atoms in total. The molecule has 0 saturated heterocycles. The molecule has 0 amide bonds. The minimum absolute atomic E-state index is 0.195. The van der Waals surface area contributed by atoms with Gasteiger partial charge in [-0.15, -0.1) is 0 Å². The first kappa shape index (κ1) is 12.2. The van der Waals surface area contributed by atoms with Crippen molar-refractivity contribution >= 4 is 17.6 Å². The van der Waals surface area contributed by atoms with Crippen molar-refractivity contribution in [2.24, 2.45) is 0 Å². The number of aliphatic carboxylic acids is 2. The minimum atomic E-state index is -1.43. The highest BCUT2D eigenvalue weighted by Gasteiger charge is 2.30. The molecule has 1 saturated carbocycles. The van der Waals surface area contributed by atoms with Crippen LogP contribution < -0.4 is 4.90 Å². The SMILES string of the molecule is O=C(O)C(=CN(c1ccccc1)C1CC1)C(=O)O. The van der Waals surface area contributed by atoms with Crippen molar-refractivity contribution in [2.75, 3.05) is 4.90 Å². The third kappa shape index (κ3) is 2.68. The maximum atomic E-state index is 10.9. The number of hydrogen-bond donors (Lipinski definition) is 2. The number of carboxylic acids is 2. The fraction of sp³-hybridized carbons (Fsp3) is 0.231. The van der Waals surface area contributed by atoms with Crippen LogP contribution >= 0.6 is 0 Å². The fourth-order valence-electron chi connectivity index (χ4n) is 1.68. The van der Waals surface area contributed by atoms with Gasteiger partial charge in [0.15, 0.2) is 5.57 Å². The van der Waals surface area contributed by atoms with E-state index in [0.29, 0.717) is 0 Å². The van der Waals surface area contributed by atoms with Gasteiger partial charge in [-0.25, -0.2) is 9.59 Å². The van der Waals surface area contributed by atoms with Gasteiger partial charge in [0.2, 0.25) is 0 Å². The lowest BCUT2D eigenvalue weighted by Gasteiger charge is -2.20. The molecule has 0 atom stereocenters. The largest absolute Gasteiger partial charge is 0.477 e. The maximum Gasteiger partial charge on any atom is 0.344 e. The molecule has 0 aliphatic heterocycles. The molecular weight excluding hydrogens is 234 g/mol. The summed E-state index contributed by atoms with van der Waals surface area (Å²) in [4.78, 5) is 23.5. The van der Waals surface area contributed by atoms with Crippen molar-refractivity contribution in [1.82, 2.24) is 0 Å². The van der Waals surface area contributed by atoms with Gasteiger partial charge in [0, 0.05) is 17.9 Å². The average Bonchev–Trinajstić information content (AvgIpc) is 3.14. The number of nitrogens with zero attached hydrogens (tertiary/aromatic N) is 1. The van der Waals surface area contributed by atoms with E-state index >= 15 is 0 Å². The van der Waals surface area contributed by atoms with Gasteiger partial charge >= 0.3 is 11.9 Å². The molecule has 1 aliphatic carbocycles. The predicted octanol–water partition coefficient (Wildman–Crippen LogP) is 1.71. The van der Waals surface area contributed by atoms with Crippen molar-refractivity contribution < 1.29 is 19.8 Å². The molecule has 1 aromatic carbocycles. The zero-order valence-electron chi connectivity index (χ0n) is 9.61.